The summed E-state index contributed by atoms with van der Waals surface area (Å²) in [5.74, 6) is 0.423. The Morgan fingerprint density at radius 1 is 1.29 bits per heavy atom. The largest absolute Gasteiger partial charge is 0.325 e. The van der Waals surface area contributed by atoms with Gasteiger partial charge in [-0.3, -0.25) is 4.28 Å². The van der Waals surface area contributed by atoms with Crippen molar-refractivity contribution in [1.82, 2.24) is 0 Å². The van der Waals surface area contributed by atoms with Crippen LogP contribution in [0.15, 0.2) is 29.4 Å². The van der Waals surface area contributed by atoms with Gasteiger partial charge in [-0.1, -0.05) is 54.9 Å². The molecule has 1 rings (SSSR count). The summed E-state index contributed by atoms with van der Waals surface area (Å²) in [5, 5.41) is 3.34. The summed E-state index contributed by atoms with van der Waals surface area (Å²) < 4.78 is 25.7. The van der Waals surface area contributed by atoms with E-state index in [4.69, 9.17) is 11.6 Å². The molecule has 0 saturated carbocycles. The van der Waals surface area contributed by atoms with Gasteiger partial charge >= 0.3 is 10.1 Å². The Balaban J connectivity index is 2.86. The number of halogens is 1. The predicted molar refractivity (Wildman–Crippen MR) is 68.8 cm³/mol. The van der Waals surface area contributed by atoms with Gasteiger partial charge in [0.15, 0.2) is 5.17 Å². The van der Waals surface area contributed by atoms with Gasteiger partial charge < -0.3 is 0 Å². The van der Waals surface area contributed by atoms with Crippen molar-refractivity contribution in [2.45, 2.75) is 19.8 Å². The lowest BCUT2D eigenvalue weighted by Crippen LogP contribution is -2.00. The monoisotopic (exact) mass is 275 g/mol. The maximum Gasteiger partial charge on any atom is 0.325 e. The predicted octanol–water partition coefficient (Wildman–Crippen LogP) is 2.69. The molecule has 1 aromatic rings. The lowest BCUT2D eigenvalue weighted by molar-refractivity contribution is 0.344. The number of nitrogens with zero attached hydrogens (tertiary/aromatic N) is 1. The summed E-state index contributed by atoms with van der Waals surface area (Å²) in [7, 11) is -3.62. The van der Waals surface area contributed by atoms with E-state index < -0.39 is 10.1 Å². The highest BCUT2D eigenvalue weighted by Gasteiger charge is 2.05. The Labute approximate surface area is 106 Å². The van der Waals surface area contributed by atoms with Crippen molar-refractivity contribution in [3.63, 3.8) is 0 Å². The number of benzene rings is 1. The first kappa shape index (κ1) is 14.0. The maximum absolute atomic E-state index is 10.7. The minimum Gasteiger partial charge on any atom is -0.267 e. The zero-order valence-electron chi connectivity index (χ0n) is 9.84. The first-order chi connectivity index (χ1) is 7.79. The van der Waals surface area contributed by atoms with E-state index in [0.717, 1.165) is 6.26 Å². The molecule has 0 saturated heterocycles. The molecule has 4 nitrogen and oxygen atoms in total. The molecule has 0 spiro atoms. The highest BCUT2D eigenvalue weighted by atomic mass is 35.5. The van der Waals surface area contributed by atoms with Crippen LogP contribution in [0.1, 0.15) is 30.9 Å². The highest BCUT2D eigenvalue weighted by Crippen LogP contribution is 2.16. The summed E-state index contributed by atoms with van der Waals surface area (Å²) in [4.78, 5) is 0. The van der Waals surface area contributed by atoms with E-state index in [-0.39, 0.29) is 5.17 Å². The molecule has 0 aromatic heterocycles. The second-order valence-electron chi connectivity index (χ2n) is 3.94. The van der Waals surface area contributed by atoms with Gasteiger partial charge in [-0.05, 0) is 11.5 Å². The fourth-order valence-electron chi connectivity index (χ4n) is 1.16. The van der Waals surface area contributed by atoms with Gasteiger partial charge in [-0.15, -0.1) is 0 Å². The molecule has 0 radical (unpaired) electrons. The van der Waals surface area contributed by atoms with Crippen molar-refractivity contribution < 1.29 is 12.7 Å². The molecule has 0 bridgehead atoms. The summed E-state index contributed by atoms with van der Waals surface area (Å²) in [6.07, 6.45) is 0.905. The molecule has 0 aliphatic heterocycles. The van der Waals surface area contributed by atoms with E-state index in [1.807, 2.05) is 12.1 Å². The normalized spacial score (nSPS) is 12.9. The molecule has 6 heteroatoms. The second-order valence-corrected chi connectivity index (χ2v) is 5.85. The highest BCUT2D eigenvalue weighted by molar-refractivity contribution is 7.85. The van der Waals surface area contributed by atoms with Crippen molar-refractivity contribution in [3.8, 4) is 0 Å². The number of rotatable bonds is 4. The second kappa shape index (κ2) is 5.51. The Kier molecular flexibility index (Phi) is 4.54. The topological polar surface area (TPSA) is 55.7 Å². The van der Waals surface area contributed by atoms with Crippen LogP contribution in [0, 0.1) is 0 Å². The molecule has 17 heavy (non-hydrogen) atoms. The molecular formula is C11H14ClNO3S. The van der Waals surface area contributed by atoms with E-state index in [0.29, 0.717) is 11.5 Å². The van der Waals surface area contributed by atoms with Crippen LogP contribution >= 0.6 is 11.6 Å². The molecule has 0 amide bonds. The molecule has 0 heterocycles. The fraction of sp³-hybridized carbons (Fsp3) is 0.364. The maximum atomic E-state index is 10.7. The van der Waals surface area contributed by atoms with Crippen molar-refractivity contribution in [3.05, 3.63) is 35.4 Å². The Hall–Kier alpha value is -1.07. The molecular weight excluding hydrogens is 262 g/mol. The lowest BCUT2D eigenvalue weighted by atomic mass is 10.0. The fourth-order valence-corrected chi connectivity index (χ4v) is 1.57. The van der Waals surface area contributed by atoms with Crippen LogP contribution in [0.25, 0.3) is 0 Å². The van der Waals surface area contributed by atoms with Gasteiger partial charge in [0.1, 0.15) is 0 Å². The Morgan fingerprint density at radius 2 is 1.82 bits per heavy atom. The molecule has 0 aliphatic rings. The third-order valence-electron chi connectivity index (χ3n) is 2.07. The zero-order chi connectivity index (χ0) is 13.1. The van der Waals surface area contributed by atoms with Crippen LogP contribution in [-0.2, 0) is 14.4 Å². The third-order valence-corrected chi connectivity index (χ3v) is 2.70. The number of oxime groups is 1. The van der Waals surface area contributed by atoms with Crippen molar-refractivity contribution in [1.29, 1.82) is 0 Å². The van der Waals surface area contributed by atoms with Gasteiger partial charge in [0.05, 0.1) is 6.26 Å². The summed E-state index contributed by atoms with van der Waals surface area (Å²) in [5.41, 5.74) is 1.78. The van der Waals surface area contributed by atoms with Crippen LogP contribution < -0.4 is 0 Å². The molecule has 0 N–H and O–H groups in total. The molecule has 0 atom stereocenters. The molecule has 0 aliphatic carbocycles. The van der Waals surface area contributed by atoms with Crippen molar-refractivity contribution >= 4 is 26.9 Å². The average molecular weight is 276 g/mol. The molecule has 0 unspecified atom stereocenters. The van der Waals surface area contributed by atoms with E-state index in [2.05, 4.69) is 23.3 Å². The molecule has 0 fully saturated rings. The van der Waals surface area contributed by atoms with Crippen LogP contribution in [0.5, 0.6) is 0 Å². The van der Waals surface area contributed by atoms with Gasteiger partial charge in [0.25, 0.3) is 0 Å². The van der Waals surface area contributed by atoms with E-state index in [1.54, 1.807) is 12.1 Å². The lowest BCUT2D eigenvalue weighted by Gasteiger charge is -2.05. The summed E-state index contributed by atoms with van der Waals surface area (Å²) in [6, 6.07) is 7.37. The average Bonchev–Trinajstić information content (AvgIpc) is 2.25. The quantitative estimate of drug-likeness (QED) is 0.627. The standard InChI is InChI=1S/C11H14ClNO3S/c1-8(2)9-4-6-10(7-5-9)11(12)13-16-17(3,14)15/h4-8H,1-3H3/b13-11-. The van der Waals surface area contributed by atoms with Crippen LogP contribution in [0.4, 0.5) is 0 Å². The first-order valence-corrected chi connectivity index (χ1v) is 7.21. The van der Waals surface area contributed by atoms with Crippen molar-refractivity contribution in [2.24, 2.45) is 5.16 Å². The van der Waals surface area contributed by atoms with Crippen LogP contribution in [0.3, 0.4) is 0 Å². The summed E-state index contributed by atoms with van der Waals surface area (Å²) in [6.45, 7) is 4.16. The molecule has 94 valence electrons. The first-order valence-electron chi connectivity index (χ1n) is 5.02. The van der Waals surface area contributed by atoms with E-state index in [9.17, 15) is 8.42 Å². The Bertz CT molecular complexity index is 506. The van der Waals surface area contributed by atoms with Gasteiger partial charge in [0, 0.05) is 5.56 Å². The van der Waals surface area contributed by atoms with Crippen LogP contribution in [-0.4, -0.2) is 19.8 Å². The van der Waals surface area contributed by atoms with Gasteiger partial charge in [-0.2, -0.15) is 8.42 Å². The van der Waals surface area contributed by atoms with Gasteiger partial charge in [0.2, 0.25) is 0 Å². The van der Waals surface area contributed by atoms with Crippen molar-refractivity contribution in [2.75, 3.05) is 6.26 Å². The minimum absolute atomic E-state index is 0.00531. The SMILES string of the molecule is CC(C)c1ccc(/C(Cl)=N/OS(C)(=O)=O)cc1. The number of hydrogen-bond acceptors (Lipinski definition) is 4. The minimum atomic E-state index is -3.62. The van der Waals surface area contributed by atoms with Crippen LogP contribution in [0.2, 0.25) is 0 Å². The third kappa shape index (κ3) is 4.75. The van der Waals surface area contributed by atoms with E-state index in [1.165, 1.54) is 5.56 Å². The smallest absolute Gasteiger partial charge is 0.267 e. The van der Waals surface area contributed by atoms with E-state index >= 15 is 0 Å². The summed E-state index contributed by atoms with van der Waals surface area (Å²) >= 11 is 5.80. The van der Waals surface area contributed by atoms with Gasteiger partial charge in [-0.25, -0.2) is 0 Å². The Morgan fingerprint density at radius 3 is 2.24 bits per heavy atom. The molecule has 1 aromatic carbocycles. The zero-order valence-corrected chi connectivity index (χ0v) is 11.4. The number of hydrogen-bond donors (Lipinski definition) is 0.